The van der Waals surface area contributed by atoms with E-state index in [1.165, 1.54) is 0 Å². The number of Topliss-reactive ketones (excluding diaryl/α,β-unsaturated/α-hetero) is 1. The van der Waals surface area contributed by atoms with Gasteiger partial charge in [-0.25, -0.2) is 4.98 Å². The highest BCUT2D eigenvalue weighted by molar-refractivity contribution is 5.94. The third-order valence-electron chi connectivity index (χ3n) is 3.56. The second-order valence-corrected chi connectivity index (χ2v) is 5.35. The molecule has 0 aliphatic heterocycles. The normalized spacial score (nSPS) is 10.4. The van der Waals surface area contributed by atoms with Gasteiger partial charge in [0.1, 0.15) is 11.4 Å². The van der Waals surface area contributed by atoms with Crippen LogP contribution in [0, 0.1) is 0 Å². The van der Waals surface area contributed by atoms with Crippen molar-refractivity contribution in [2.24, 2.45) is 0 Å². The molecule has 4 nitrogen and oxygen atoms in total. The van der Waals surface area contributed by atoms with Crippen LogP contribution in [-0.2, 0) is 13.0 Å². The Morgan fingerprint density at radius 3 is 2.52 bits per heavy atom. The summed E-state index contributed by atoms with van der Waals surface area (Å²) in [5.74, 6) is 0.315. The molecule has 1 aromatic heterocycles. The number of carbonyl (C=O) groups excluding carboxylic acids is 1. The van der Waals surface area contributed by atoms with Crippen LogP contribution in [-0.4, -0.2) is 15.9 Å². The van der Waals surface area contributed by atoms with Gasteiger partial charge in [-0.15, -0.1) is 0 Å². The molecule has 0 amide bonds. The zero-order valence-electron chi connectivity index (χ0n) is 12.6. The van der Waals surface area contributed by atoms with Gasteiger partial charge < -0.3 is 5.11 Å². The highest BCUT2D eigenvalue weighted by atomic mass is 16.3. The molecule has 0 atom stereocenters. The summed E-state index contributed by atoms with van der Waals surface area (Å²) in [6, 6.07) is 16.3. The summed E-state index contributed by atoms with van der Waals surface area (Å²) in [4.78, 5) is 16.6. The summed E-state index contributed by atoms with van der Waals surface area (Å²) in [6.07, 6.45) is 6.03. The van der Waals surface area contributed by atoms with Gasteiger partial charge in [0.05, 0.1) is 6.20 Å². The van der Waals surface area contributed by atoms with Gasteiger partial charge in [-0.3, -0.25) is 4.79 Å². The average molecular weight is 305 g/mol. The second kappa shape index (κ2) is 6.83. The topological polar surface area (TPSA) is 54.1 Å². The van der Waals surface area contributed by atoms with E-state index in [0.29, 0.717) is 12.0 Å². The summed E-state index contributed by atoms with van der Waals surface area (Å²) in [5, 5.41) is 9.32. The van der Waals surface area contributed by atoms with E-state index in [9.17, 15) is 9.90 Å². The number of hydrogen-bond acceptors (Lipinski definition) is 3. The maximum atomic E-state index is 12.3. The molecule has 0 saturated heterocycles. The summed E-state index contributed by atoms with van der Waals surface area (Å²) >= 11 is 0. The zero-order valence-corrected chi connectivity index (χ0v) is 12.6. The number of ketones is 1. The minimum absolute atomic E-state index is 0.0670. The highest BCUT2D eigenvalue weighted by Gasteiger charge is 2.12. The SMILES string of the molecule is O=C(C[n+]1ccnc(Cc2ccc(O)cc2)c1)c1ccccc1. The first-order valence-corrected chi connectivity index (χ1v) is 7.41. The van der Waals surface area contributed by atoms with E-state index in [4.69, 9.17) is 0 Å². The van der Waals surface area contributed by atoms with Crippen molar-refractivity contribution in [3.63, 3.8) is 0 Å². The first-order valence-electron chi connectivity index (χ1n) is 7.41. The number of nitrogens with zero attached hydrogens (tertiary/aromatic N) is 2. The van der Waals surface area contributed by atoms with Crippen molar-refractivity contribution in [2.45, 2.75) is 13.0 Å². The van der Waals surface area contributed by atoms with Crippen LogP contribution in [0.25, 0.3) is 0 Å². The lowest BCUT2D eigenvalue weighted by atomic mass is 10.1. The Morgan fingerprint density at radius 1 is 1.04 bits per heavy atom. The van der Waals surface area contributed by atoms with E-state index >= 15 is 0 Å². The predicted octanol–water partition coefficient (Wildman–Crippen LogP) is 2.55. The van der Waals surface area contributed by atoms with Crippen LogP contribution in [0.3, 0.4) is 0 Å². The number of carbonyl (C=O) groups is 1. The van der Waals surface area contributed by atoms with Gasteiger partial charge in [-0.05, 0) is 17.7 Å². The molecule has 0 aliphatic rings. The molecule has 0 saturated carbocycles. The fourth-order valence-corrected chi connectivity index (χ4v) is 2.38. The average Bonchev–Trinajstić information content (AvgIpc) is 2.58. The number of hydrogen-bond donors (Lipinski definition) is 1. The van der Waals surface area contributed by atoms with Crippen molar-refractivity contribution in [2.75, 3.05) is 0 Å². The van der Waals surface area contributed by atoms with Crippen LogP contribution in [0.2, 0.25) is 0 Å². The minimum Gasteiger partial charge on any atom is -0.508 e. The molecular formula is C19H17N2O2+. The monoisotopic (exact) mass is 305 g/mol. The Kier molecular flexibility index (Phi) is 4.43. The largest absolute Gasteiger partial charge is 0.508 e. The highest BCUT2D eigenvalue weighted by Crippen LogP contribution is 2.12. The molecule has 114 valence electrons. The molecule has 1 N–H and O–H groups in total. The van der Waals surface area contributed by atoms with Gasteiger partial charge in [0.15, 0.2) is 12.4 Å². The van der Waals surface area contributed by atoms with E-state index in [0.717, 1.165) is 11.3 Å². The molecule has 0 unspecified atom stereocenters. The fourth-order valence-electron chi connectivity index (χ4n) is 2.38. The summed E-state index contributed by atoms with van der Waals surface area (Å²) in [6.45, 7) is 0.287. The molecule has 4 heteroatoms. The number of benzene rings is 2. The molecule has 1 heterocycles. The zero-order chi connectivity index (χ0) is 16.1. The molecule has 0 radical (unpaired) electrons. The first-order chi connectivity index (χ1) is 11.2. The lowest BCUT2D eigenvalue weighted by molar-refractivity contribution is -0.684. The molecule has 3 rings (SSSR count). The molecule has 0 aliphatic carbocycles. The number of phenolic OH excluding ortho intramolecular Hbond substituents is 1. The number of phenols is 1. The Morgan fingerprint density at radius 2 is 1.78 bits per heavy atom. The number of aromatic nitrogens is 2. The van der Waals surface area contributed by atoms with Gasteiger partial charge in [-0.2, -0.15) is 4.57 Å². The van der Waals surface area contributed by atoms with Gasteiger partial charge in [0.25, 0.3) is 0 Å². The van der Waals surface area contributed by atoms with Crippen molar-refractivity contribution in [1.29, 1.82) is 0 Å². The number of rotatable bonds is 5. The lowest BCUT2D eigenvalue weighted by Crippen LogP contribution is -2.38. The fraction of sp³-hybridized carbons (Fsp3) is 0.105. The van der Waals surface area contributed by atoms with Crippen LogP contribution < -0.4 is 4.57 Å². The molecule has 23 heavy (non-hydrogen) atoms. The van der Waals surface area contributed by atoms with Crippen molar-refractivity contribution in [3.8, 4) is 5.75 Å². The lowest BCUT2D eigenvalue weighted by Gasteiger charge is -2.02. The molecule has 0 fully saturated rings. The van der Waals surface area contributed by atoms with E-state index in [-0.39, 0.29) is 18.1 Å². The molecule has 3 aromatic rings. The first kappa shape index (κ1) is 14.9. The molecular weight excluding hydrogens is 288 g/mol. The van der Waals surface area contributed by atoms with E-state index in [1.807, 2.05) is 53.2 Å². The summed E-state index contributed by atoms with van der Waals surface area (Å²) in [5.41, 5.74) is 2.64. The second-order valence-electron chi connectivity index (χ2n) is 5.35. The van der Waals surface area contributed by atoms with Crippen LogP contribution in [0.1, 0.15) is 21.6 Å². The van der Waals surface area contributed by atoms with Crippen molar-refractivity contribution < 1.29 is 14.5 Å². The Balaban J connectivity index is 1.72. The Hall–Kier alpha value is -3.01. The van der Waals surface area contributed by atoms with Crippen molar-refractivity contribution in [1.82, 2.24) is 4.98 Å². The molecule has 2 aromatic carbocycles. The minimum atomic E-state index is 0.0670. The molecule has 0 spiro atoms. The molecule has 0 bridgehead atoms. The van der Waals surface area contributed by atoms with Gasteiger partial charge in [0.2, 0.25) is 12.3 Å². The number of aromatic hydroxyl groups is 1. The Labute approximate surface area is 134 Å². The van der Waals surface area contributed by atoms with E-state index < -0.39 is 0 Å². The predicted molar refractivity (Wildman–Crippen MR) is 86.1 cm³/mol. The van der Waals surface area contributed by atoms with Crippen LogP contribution >= 0.6 is 0 Å². The Bertz CT molecular complexity index is 799. The summed E-state index contributed by atoms with van der Waals surface area (Å²) < 4.78 is 1.85. The third-order valence-corrected chi connectivity index (χ3v) is 3.56. The van der Waals surface area contributed by atoms with E-state index in [2.05, 4.69) is 4.98 Å². The maximum Gasteiger partial charge on any atom is 0.227 e. The van der Waals surface area contributed by atoms with Gasteiger partial charge in [0, 0.05) is 12.0 Å². The van der Waals surface area contributed by atoms with Gasteiger partial charge in [-0.1, -0.05) is 42.5 Å². The van der Waals surface area contributed by atoms with Crippen LogP contribution in [0.5, 0.6) is 5.75 Å². The van der Waals surface area contributed by atoms with Crippen molar-refractivity contribution in [3.05, 3.63) is 90.0 Å². The smallest absolute Gasteiger partial charge is 0.227 e. The van der Waals surface area contributed by atoms with Crippen molar-refractivity contribution >= 4 is 5.78 Å². The van der Waals surface area contributed by atoms with E-state index in [1.54, 1.807) is 24.5 Å². The third kappa shape index (κ3) is 4.01. The van der Waals surface area contributed by atoms with Crippen LogP contribution in [0.15, 0.2) is 73.2 Å². The van der Waals surface area contributed by atoms with Crippen LogP contribution in [0.4, 0.5) is 0 Å². The standard InChI is InChI=1S/C19H16N2O2/c22-18-8-6-15(7-9-18)12-17-13-21(11-10-20-17)14-19(23)16-4-2-1-3-5-16/h1-11,13H,12,14H2/p+1. The maximum absolute atomic E-state index is 12.3. The summed E-state index contributed by atoms with van der Waals surface area (Å²) in [7, 11) is 0. The van der Waals surface area contributed by atoms with Gasteiger partial charge >= 0.3 is 0 Å². The quantitative estimate of drug-likeness (QED) is 0.582.